The molecule has 1 aliphatic heterocycles. The molecule has 0 saturated heterocycles. The highest BCUT2D eigenvalue weighted by Crippen LogP contribution is 2.30. The summed E-state index contributed by atoms with van der Waals surface area (Å²) in [6.07, 6.45) is 2.47. The second kappa shape index (κ2) is 8.55. The Morgan fingerprint density at radius 1 is 1.22 bits per heavy atom. The van der Waals surface area contributed by atoms with Crippen molar-refractivity contribution >= 4 is 12.4 Å². The summed E-state index contributed by atoms with van der Waals surface area (Å²) in [5.41, 5.74) is -0.0666. The molecule has 0 bridgehead atoms. The molecule has 2 heterocycles. The molecule has 3 rings (SSSR count). The molecule has 0 fully saturated rings. The van der Waals surface area contributed by atoms with Gasteiger partial charge < -0.3 is 14.8 Å². The van der Waals surface area contributed by atoms with Crippen molar-refractivity contribution in [2.24, 2.45) is 0 Å². The zero-order valence-corrected chi connectivity index (χ0v) is 13.5. The molecule has 1 unspecified atom stereocenters. The van der Waals surface area contributed by atoms with Gasteiger partial charge in [-0.3, -0.25) is 4.79 Å². The molecule has 6 nitrogen and oxygen atoms in total. The quantitative estimate of drug-likeness (QED) is 0.809. The number of fused-ring (bicyclic) bond motifs is 1. The van der Waals surface area contributed by atoms with Crippen molar-refractivity contribution in [2.75, 3.05) is 19.7 Å². The van der Waals surface area contributed by atoms with Gasteiger partial charge in [-0.25, -0.2) is 4.68 Å². The smallest absolute Gasteiger partial charge is 0.266 e. The highest BCUT2D eigenvalue weighted by Gasteiger charge is 2.19. The number of halogens is 1. The molecule has 124 valence electrons. The Bertz CT molecular complexity index is 677. The molecular formula is C16H20ClN3O3. The lowest BCUT2D eigenvalue weighted by atomic mass is 10.2. The van der Waals surface area contributed by atoms with E-state index in [0.717, 1.165) is 24.5 Å². The Morgan fingerprint density at radius 2 is 2.04 bits per heavy atom. The Balaban J connectivity index is 0.00000192. The molecule has 0 amide bonds. The van der Waals surface area contributed by atoms with Crippen LogP contribution >= 0.6 is 12.4 Å². The zero-order chi connectivity index (χ0) is 15.2. The van der Waals surface area contributed by atoms with E-state index >= 15 is 0 Å². The fraction of sp³-hybridized carbons (Fsp3) is 0.375. The lowest BCUT2D eigenvalue weighted by Gasteiger charge is -2.26. The van der Waals surface area contributed by atoms with Crippen LogP contribution in [-0.4, -0.2) is 35.6 Å². The Hall–Kier alpha value is -2.05. The summed E-state index contributed by atoms with van der Waals surface area (Å²) in [6, 6.07) is 10.8. The lowest BCUT2D eigenvalue weighted by Crippen LogP contribution is -2.39. The van der Waals surface area contributed by atoms with Gasteiger partial charge in [0, 0.05) is 25.4 Å². The maximum absolute atomic E-state index is 11.5. The van der Waals surface area contributed by atoms with Crippen LogP contribution < -0.4 is 20.3 Å². The highest BCUT2D eigenvalue weighted by atomic mass is 35.5. The van der Waals surface area contributed by atoms with E-state index in [0.29, 0.717) is 19.7 Å². The van der Waals surface area contributed by atoms with Gasteiger partial charge in [-0.2, -0.15) is 5.10 Å². The fourth-order valence-corrected chi connectivity index (χ4v) is 2.34. The maximum Gasteiger partial charge on any atom is 0.266 e. The van der Waals surface area contributed by atoms with E-state index in [1.807, 2.05) is 24.3 Å². The lowest BCUT2D eigenvalue weighted by molar-refractivity contribution is 0.0904. The van der Waals surface area contributed by atoms with E-state index in [9.17, 15) is 4.79 Å². The molecule has 0 radical (unpaired) electrons. The second-order valence-corrected chi connectivity index (χ2v) is 5.14. The third-order valence-electron chi connectivity index (χ3n) is 3.45. The molecule has 23 heavy (non-hydrogen) atoms. The van der Waals surface area contributed by atoms with Gasteiger partial charge in [-0.1, -0.05) is 12.1 Å². The molecule has 1 atom stereocenters. The predicted molar refractivity (Wildman–Crippen MR) is 89.6 cm³/mol. The largest absolute Gasteiger partial charge is 0.486 e. The summed E-state index contributed by atoms with van der Waals surface area (Å²) in [7, 11) is 0. The standard InChI is InChI=1S/C16H19N3O3.ClH/c20-16-7-3-9-18-19(16)10-4-8-17-11-13-12-21-14-5-1-2-6-15(14)22-13;/h1-3,5-7,9,13,17H,4,8,10-12H2;1H. The van der Waals surface area contributed by atoms with E-state index in [2.05, 4.69) is 10.4 Å². The van der Waals surface area contributed by atoms with E-state index in [1.54, 1.807) is 12.3 Å². The molecule has 1 aromatic heterocycles. The number of rotatable bonds is 6. The van der Waals surface area contributed by atoms with Gasteiger partial charge >= 0.3 is 0 Å². The summed E-state index contributed by atoms with van der Waals surface area (Å²) in [5, 5.41) is 7.35. The van der Waals surface area contributed by atoms with Crippen molar-refractivity contribution in [2.45, 2.75) is 19.1 Å². The Kier molecular flexibility index (Phi) is 6.43. The molecule has 0 saturated carbocycles. The van der Waals surface area contributed by atoms with Crippen LogP contribution in [0.1, 0.15) is 6.42 Å². The van der Waals surface area contributed by atoms with Crippen LogP contribution in [0, 0.1) is 0 Å². The number of nitrogens with one attached hydrogen (secondary N) is 1. The summed E-state index contributed by atoms with van der Waals surface area (Å²) >= 11 is 0. The van der Waals surface area contributed by atoms with Gasteiger partial charge in [0.2, 0.25) is 0 Å². The molecule has 0 spiro atoms. The molecule has 0 aliphatic carbocycles. The van der Waals surface area contributed by atoms with Crippen LogP contribution in [-0.2, 0) is 6.54 Å². The highest BCUT2D eigenvalue weighted by molar-refractivity contribution is 5.85. The third kappa shape index (κ3) is 4.71. The number of benzene rings is 1. The second-order valence-electron chi connectivity index (χ2n) is 5.14. The number of aryl methyl sites for hydroxylation is 1. The molecule has 1 aromatic carbocycles. The Morgan fingerprint density at radius 3 is 2.87 bits per heavy atom. The van der Waals surface area contributed by atoms with Crippen molar-refractivity contribution in [3.63, 3.8) is 0 Å². The normalized spacial score (nSPS) is 15.7. The van der Waals surface area contributed by atoms with Gasteiger partial charge in [-0.05, 0) is 31.2 Å². The van der Waals surface area contributed by atoms with Crippen molar-refractivity contribution in [3.05, 3.63) is 52.9 Å². The molecular weight excluding hydrogens is 318 g/mol. The minimum atomic E-state index is -0.0666. The van der Waals surface area contributed by atoms with E-state index in [4.69, 9.17) is 9.47 Å². The van der Waals surface area contributed by atoms with Gasteiger partial charge in [0.1, 0.15) is 12.7 Å². The van der Waals surface area contributed by atoms with Gasteiger partial charge in [0.15, 0.2) is 11.5 Å². The first-order chi connectivity index (χ1) is 10.8. The molecule has 1 aliphatic rings. The Labute approximate surface area is 140 Å². The van der Waals surface area contributed by atoms with E-state index < -0.39 is 0 Å². The van der Waals surface area contributed by atoms with Crippen LogP contribution in [0.25, 0.3) is 0 Å². The average Bonchev–Trinajstić information content (AvgIpc) is 2.56. The van der Waals surface area contributed by atoms with Crippen molar-refractivity contribution < 1.29 is 9.47 Å². The van der Waals surface area contributed by atoms with Crippen molar-refractivity contribution in [1.29, 1.82) is 0 Å². The van der Waals surface area contributed by atoms with Crippen LogP contribution in [0.5, 0.6) is 11.5 Å². The number of hydrogen-bond donors (Lipinski definition) is 1. The summed E-state index contributed by atoms with van der Waals surface area (Å²) < 4.78 is 13.0. The van der Waals surface area contributed by atoms with E-state index in [1.165, 1.54) is 10.7 Å². The topological polar surface area (TPSA) is 65.4 Å². The van der Waals surface area contributed by atoms with Gasteiger partial charge in [0.25, 0.3) is 5.56 Å². The summed E-state index contributed by atoms with van der Waals surface area (Å²) in [4.78, 5) is 11.5. The number of para-hydroxylation sites is 2. The number of hydrogen-bond acceptors (Lipinski definition) is 5. The maximum atomic E-state index is 11.5. The number of aromatic nitrogens is 2. The van der Waals surface area contributed by atoms with Crippen LogP contribution in [0.2, 0.25) is 0 Å². The van der Waals surface area contributed by atoms with Crippen LogP contribution in [0.4, 0.5) is 0 Å². The van der Waals surface area contributed by atoms with E-state index in [-0.39, 0.29) is 24.1 Å². The average molecular weight is 338 g/mol. The van der Waals surface area contributed by atoms with Crippen LogP contribution in [0.15, 0.2) is 47.4 Å². The summed E-state index contributed by atoms with van der Waals surface area (Å²) in [6.45, 7) is 2.66. The first-order valence-corrected chi connectivity index (χ1v) is 7.44. The summed E-state index contributed by atoms with van der Waals surface area (Å²) in [5.74, 6) is 1.59. The first-order valence-electron chi connectivity index (χ1n) is 7.44. The van der Waals surface area contributed by atoms with Gasteiger partial charge in [0.05, 0.1) is 0 Å². The fourth-order valence-electron chi connectivity index (χ4n) is 2.34. The molecule has 1 N–H and O–H groups in total. The first kappa shape index (κ1) is 17.3. The van der Waals surface area contributed by atoms with Crippen LogP contribution in [0.3, 0.4) is 0 Å². The minimum Gasteiger partial charge on any atom is -0.486 e. The number of nitrogens with zero attached hydrogens (tertiary/aromatic N) is 2. The van der Waals surface area contributed by atoms with Crippen molar-refractivity contribution in [1.82, 2.24) is 15.1 Å². The molecule has 2 aromatic rings. The monoisotopic (exact) mass is 337 g/mol. The van der Waals surface area contributed by atoms with Crippen molar-refractivity contribution in [3.8, 4) is 11.5 Å². The van der Waals surface area contributed by atoms with Gasteiger partial charge in [-0.15, -0.1) is 12.4 Å². The predicted octanol–water partition coefficient (Wildman–Crippen LogP) is 1.48. The SMILES string of the molecule is Cl.O=c1cccnn1CCCNCC1COc2ccccc2O1. The minimum absolute atomic E-state index is 0. The number of ether oxygens (including phenoxy) is 2. The molecule has 7 heteroatoms. The third-order valence-corrected chi connectivity index (χ3v) is 3.45. The zero-order valence-electron chi connectivity index (χ0n) is 12.7.